The number of hydrogen-bond donors (Lipinski definition) is 4. The van der Waals surface area contributed by atoms with E-state index in [9.17, 15) is 19.5 Å². The normalized spacial score (nSPS) is 28.4. The maximum absolute atomic E-state index is 13.1. The van der Waals surface area contributed by atoms with E-state index < -0.39 is 17.6 Å². The molecule has 1 aromatic rings. The second-order valence-electron chi connectivity index (χ2n) is 7.98. The van der Waals surface area contributed by atoms with Crippen molar-refractivity contribution in [1.82, 2.24) is 20.9 Å². The molecule has 3 heterocycles. The lowest BCUT2D eigenvalue weighted by atomic mass is 9.94. The zero-order chi connectivity index (χ0) is 19.9. The van der Waals surface area contributed by atoms with Crippen molar-refractivity contribution in [2.45, 2.75) is 57.0 Å². The molecule has 0 spiro atoms. The number of fused-ring (bicyclic) bond motifs is 1. The van der Waals surface area contributed by atoms with Gasteiger partial charge in [0.1, 0.15) is 6.04 Å². The van der Waals surface area contributed by atoms with Gasteiger partial charge in [0.25, 0.3) is 5.91 Å². The lowest BCUT2D eigenvalue weighted by molar-refractivity contribution is -0.136. The number of imide groups is 1. The smallest absolute Gasteiger partial charge is 0.255 e. The largest absolute Gasteiger partial charge is 0.387 e. The van der Waals surface area contributed by atoms with Gasteiger partial charge in [-0.25, -0.2) is 0 Å². The number of benzene rings is 1. The predicted molar refractivity (Wildman–Crippen MR) is 101 cm³/mol. The summed E-state index contributed by atoms with van der Waals surface area (Å²) in [4.78, 5) is 38.2. The van der Waals surface area contributed by atoms with E-state index >= 15 is 0 Å². The van der Waals surface area contributed by atoms with Crippen LogP contribution >= 0.6 is 0 Å². The molecule has 3 unspecified atom stereocenters. The van der Waals surface area contributed by atoms with Crippen LogP contribution in [0.3, 0.4) is 0 Å². The summed E-state index contributed by atoms with van der Waals surface area (Å²) >= 11 is 0. The van der Waals surface area contributed by atoms with E-state index in [2.05, 4.69) is 16.0 Å². The van der Waals surface area contributed by atoms with Crippen molar-refractivity contribution < 1.29 is 19.5 Å². The average Bonchev–Trinajstić information content (AvgIpc) is 3.25. The molecule has 28 heavy (non-hydrogen) atoms. The number of nitrogens with one attached hydrogen (secondary N) is 3. The molecule has 4 rings (SSSR count). The molecular weight excluding hydrogens is 360 g/mol. The third kappa shape index (κ3) is 3.32. The van der Waals surface area contributed by atoms with Crippen molar-refractivity contribution in [3.8, 4) is 0 Å². The number of carbonyl (C=O) groups is 3. The first-order valence-electron chi connectivity index (χ1n) is 9.81. The molecule has 8 nitrogen and oxygen atoms in total. The number of piperidine rings is 1. The van der Waals surface area contributed by atoms with Crippen molar-refractivity contribution in [3.63, 3.8) is 0 Å². The summed E-state index contributed by atoms with van der Waals surface area (Å²) in [5.41, 5.74) is 1.59. The van der Waals surface area contributed by atoms with Gasteiger partial charge in [-0.3, -0.25) is 19.7 Å². The van der Waals surface area contributed by atoms with Gasteiger partial charge in [0.2, 0.25) is 11.8 Å². The SMILES string of the molecule is CC(NCc1cccc2c1C(=O)N(C1CCC(=O)NC1=O)C2)C1(O)CCNC1. The Bertz CT molecular complexity index is 818. The van der Waals surface area contributed by atoms with Gasteiger partial charge in [-0.2, -0.15) is 0 Å². The lowest BCUT2D eigenvalue weighted by Gasteiger charge is -2.30. The van der Waals surface area contributed by atoms with Gasteiger partial charge in [0, 0.05) is 37.7 Å². The third-order valence-corrected chi connectivity index (χ3v) is 6.21. The Morgan fingerprint density at radius 3 is 2.89 bits per heavy atom. The maximum Gasteiger partial charge on any atom is 0.255 e. The van der Waals surface area contributed by atoms with Gasteiger partial charge in [-0.1, -0.05) is 18.2 Å². The highest BCUT2D eigenvalue weighted by Gasteiger charge is 2.40. The highest BCUT2D eigenvalue weighted by Crippen LogP contribution is 2.30. The van der Waals surface area contributed by atoms with Crippen molar-refractivity contribution in [2.75, 3.05) is 13.1 Å². The number of nitrogens with zero attached hydrogens (tertiary/aromatic N) is 1. The molecule has 4 N–H and O–H groups in total. The van der Waals surface area contributed by atoms with E-state index in [0.29, 0.717) is 38.0 Å². The quantitative estimate of drug-likeness (QED) is 0.515. The zero-order valence-corrected chi connectivity index (χ0v) is 16.0. The molecule has 3 amide bonds. The van der Waals surface area contributed by atoms with Crippen LogP contribution < -0.4 is 16.0 Å². The van der Waals surface area contributed by atoms with Gasteiger partial charge in [0.05, 0.1) is 5.60 Å². The van der Waals surface area contributed by atoms with E-state index in [1.807, 2.05) is 25.1 Å². The van der Waals surface area contributed by atoms with Crippen LogP contribution in [0.1, 0.15) is 47.7 Å². The van der Waals surface area contributed by atoms with E-state index in [1.165, 1.54) is 0 Å². The first-order valence-corrected chi connectivity index (χ1v) is 9.81. The van der Waals surface area contributed by atoms with Crippen LogP contribution in [-0.2, 0) is 22.7 Å². The summed E-state index contributed by atoms with van der Waals surface area (Å²) in [5, 5.41) is 19.5. The summed E-state index contributed by atoms with van der Waals surface area (Å²) in [7, 11) is 0. The highest BCUT2D eigenvalue weighted by atomic mass is 16.3. The lowest BCUT2D eigenvalue weighted by Crippen LogP contribution is -2.52. The van der Waals surface area contributed by atoms with Crippen LogP contribution in [0, 0.1) is 0 Å². The number of rotatable bonds is 5. The summed E-state index contributed by atoms with van der Waals surface area (Å²) in [6, 6.07) is 4.99. The van der Waals surface area contributed by atoms with Gasteiger partial charge in [-0.15, -0.1) is 0 Å². The Kier molecular flexibility index (Phi) is 4.95. The molecule has 0 aliphatic carbocycles. The predicted octanol–water partition coefficient (Wildman–Crippen LogP) is -0.350. The van der Waals surface area contributed by atoms with Crippen LogP contribution in [0.15, 0.2) is 18.2 Å². The minimum absolute atomic E-state index is 0.124. The standard InChI is InChI=1S/C20H26N4O4/c1-12(20(28)7-8-21-11-20)22-9-13-3-2-4-14-10-24(19(27)17(13)14)15-5-6-16(25)23-18(15)26/h2-4,12,15,21-22,28H,5-11H2,1H3,(H,23,25,26). The summed E-state index contributed by atoms with van der Waals surface area (Å²) in [6.45, 7) is 4.13. The molecule has 0 saturated carbocycles. The fourth-order valence-electron chi connectivity index (χ4n) is 4.36. The number of carbonyl (C=O) groups excluding carboxylic acids is 3. The highest BCUT2D eigenvalue weighted by molar-refractivity contribution is 6.05. The average molecular weight is 386 g/mol. The minimum atomic E-state index is -0.791. The van der Waals surface area contributed by atoms with Crippen molar-refractivity contribution in [3.05, 3.63) is 34.9 Å². The number of aliphatic hydroxyl groups is 1. The molecule has 150 valence electrons. The number of amides is 3. The summed E-state index contributed by atoms with van der Waals surface area (Å²) < 4.78 is 0. The van der Waals surface area contributed by atoms with Gasteiger partial charge >= 0.3 is 0 Å². The van der Waals surface area contributed by atoms with E-state index in [0.717, 1.165) is 17.7 Å². The molecule has 1 aromatic carbocycles. The Morgan fingerprint density at radius 1 is 1.36 bits per heavy atom. The van der Waals surface area contributed by atoms with E-state index in [4.69, 9.17) is 0 Å². The molecule has 0 bridgehead atoms. The van der Waals surface area contributed by atoms with Gasteiger partial charge in [0.15, 0.2) is 0 Å². The first kappa shape index (κ1) is 19.0. The molecule has 3 aliphatic heterocycles. The molecule has 0 aromatic heterocycles. The molecule has 2 fully saturated rings. The summed E-state index contributed by atoms with van der Waals surface area (Å²) in [6.07, 6.45) is 1.29. The van der Waals surface area contributed by atoms with Crippen molar-refractivity contribution in [2.24, 2.45) is 0 Å². The topological polar surface area (TPSA) is 111 Å². The summed E-state index contributed by atoms with van der Waals surface area (Å²) in [5.74, 6) is -0.860. The molecule has 0 radical (unpaired) electrons. The second-order valence-corrected chi connectivity index (χ2v) is 7.98. The van der Waals surface area contributed by atoms with Crippen LogP contribution in [0.25, 0.3) is 0 Å². The minimum Gasteiger partial charge on any atom is -0.387 e. The van der Waals surface area contributed by atoms with Gasteiger partial charge in [-0.05, 0) is 37.4 Å². The second kappa shape index (κ2) is 7.27. The van der Waals surface area contributed by atoms with E-state index in [1.54, 1.807) is 4.90 Å². The molecule has 8 heteroatoms. The van der Waals surface area contributed by atoms with Crippen LogP contribution in [0.4, 0.5) is 0 Å². The van der Waals surface area contributed by atoms with Crippen LogP contribution in [0.5, 0.6) is 0 Å². The fraction of sp³-hybridized carbons (Fsp3) is 0.550. The Balaban J connectivity index is 1.49. The molecular formula is C20H26N4O4. The molecule has 3 aliphatic rings. The number of β-amino-alcohol motifs (C(OH)–C–C–N with tert-alkyl or cyclic N) is 1. The van der Waals surface area contributed by atoms with Crippen LogP contribution in [0.2, 0.25) is 0 Å². The third-order valence-electron chi connectivity index (χ3n) is 6.21. The number of hydrogen-bond acceptors (Lipinski definition) is 6. The van der Waals surface area contributed by atoms with Crippen molar-refractivity contribution in [1.29, 1.82) is 0 Å². The fourth-order valence-corrected chi connectivity index (χ4v) is 4.36. The monoisotopic (exact) mass is 386 g/mol. The Labute approximate surface area is 163 Å². The van der Waals surface area contributed by atoms with Crippen LogP contribution in [-0.4, -0.2) is 58.5 Å². The van der Waals surface area contributed by atoms with Crippen molar-refractivity contribution >= 4 is 17.7 Å². The van der Waals surface area contributed by atoms with Gasteiger partial charge < -0.3 is 20.6 Å². The first-order chi connectivity index (χ1) is 13.4. The van der Waals surface area contributed by atoms with E-state index in [-0.39, 0.29) is 24.3 Å². The molecule has 2 saturated heterocycles. The zero-order valence-electron chi connectivity index (χ0n) is 16.0. The Morgan fingerprint density at radius 2 is 2.18 bits per heavy atom. The Hall–Kier alpha value is -2.29. The molecule has 3 atom stereocenters. The maximum atomic E-state index is 13.1.